The van der Waals surface area contributed by atoms with Gasteiger partial charge in [0.05, 0.1) is 30.7 Å². The summed E-state index contributed by atoms with van der Waals surface area (Å²) in [7, 11) is 2.85. The summed E-state index contributed by atoms with van der Waals surface area (Å²) in [6.07, 6.45) is 1.32. The zero-order chi connectivity index (χ0) is 25.1. The molecule has 1 N–H and O–H groups in total. The van der Waals surface area contributed by atoms with Gasteiger partial charge in [0.2, 0.25) is 11.3 Å². The molecule has 3 aromatic carbocycles. The van der Waals surface area contributed by atoms with Crippen molar-refractivity contribution in [1.29, 1.82) is 0 Å². The third kappa shape index (κ3) is 5.02. The minimum atomic E-state index is -0.610. The quantitative estimate of drug-likeness (QED) is 0.377. The number of nitrogens with one attached hydrogen (secondary N) is 1. The Morgan fingerprint density at radius 3 is 2.31 bits per heavy atom. The Morgan fingerprint density at radius 2 is 1.69 bits per heavy atom. The summed E-state index contributed by atoms with van der Waals surface area (Å²) in [4.78, 5) is 39.5. The molecular weight excluding hydrogens is 475 g/mol. The van der Waals surface area contributed by atoms with Crippen LogP contribution in [0.1, 0.15) is 15.9 Å². The molecule has 0 fully saturated rings. The summed E-state index contributed by atoms with van der Waals surface area (Å²) >= 11 is 5.90. The number of carbonyl (C=O) groups excluding carboxylic acids is 2. The number of anilines is 1. The number of ketones is 1. The number of carbonyl (C=O) groups is 2. The van der Waals surface area contributed by atoms with Crippen LogP contribution in [-0.2, 0) is 11.3 Å². The van der Waals surface area contributed by atoms with Crippen LogP contribution < -0.4 is 20.2 Å². The molecule has 9 heteroatoms. The van der Waals surface area contributed by atoms with Gasteiger partial charge in [-0.25, -0.2) is 4.39 Å². The van der Waals surface area contributed by atoms with E-state index in [-0.39, 0.29) is 28.8 Å². The molecule has 0 aliphatic heterocycles. The first-order chi connectivity index (χ1) is 16.8. The maximum Gasteiger partial charge on any atom is 0.244 e. The van der Waals surface area contributed by atoms with E-state index in [1.54, 1.807) is 30.3 Å². The first-order valence-corrected chi connectivity index (χ1v) is 10.8. The molecule has 0 spiro atoms. The van der Waals surface area contributed by atoms with Crippen molar-refractivity contribution in [2.45, 2.75) is 6.54 Å². The molecule has 1 aromatic heterocycles. The smallest absolute Gasteiger partial charge is 0.244 e. The summed E-state index contributed by atoms with van der Waals surface area (Å²) in [6.45, 7) is -0.223. The highest BCUT2D eigenvalue weighted by Crippen LogP contribution is 2.30. The Labute approximate surface area is 204 Å². The van der Waals surface area contributed by atoms with Gasteiger partial charge in [0, 0.05) is 34.6 Å². The average Bonchev–Trinajstić information content (AvgIpc) is 2.86. The van der Waals surface area contributed by atoms with Crippen molar-refractivity contribution in [2.24, 2.45) is 0 Å². The number of ether oxygens (including phenoxy) is 2. The second kappa shape index (κ2) is 9.99. The lowest BCUT2D eigenvalue weighted by atomic mass is 10.0. The number of halogens is 2. The number of pyridine rings is 1. The summed E-state index contributed by atoms with van der Waals surface area (Å²) in [5.41, 5.74) is 0.234. The van der Waals surface area contributed by atoms with Crippen molar-refractivity contribution in [1.82, 2.24) is 4.57 Å². The first-order valence-electron chi connectivity index (χ1n) is 10.5. The Balaban J connectivity index is 1.85. The van der Waals surface area contributed by atoms with Gasteiger partial charge in [0.1, 0.15) is 23.9 Å². The number of aromatic nitrogens is 1. The highest BCUT2D eigenvalue weighted by atomic mass is 35.5. The van der Waals surface area contributed by atoms with Gasteiger partial charge >= 0.3 is 0 Å². The van der Waals surface area contributed by atoms with E-state index in [1.807, 2.05) is 0 Å². The van der Waals surface area contributed by atoms with Gasteiger partial charge in [-0.2, -0.15) is 0 Å². The number of fused-ring (bicyclic) bond motifs is 1. The number of rotatable bonds is 7. The first kappa shape index (κ1) is 24.0. The number of benzene rings is 3. The van der Waals surface area contributed by atoms with Crippen molar-refractivity contribution < 1.29 is 23.5 Å². The van der Waals surface area contributed by atoms with E-state index in [1.165, 1.54) is 43.2 Å². The van der Waals surface area contributed by atoms with Gasteiger partial charge in [-0.15, -0.1) is 0 Å². The lowest BCUT2D eigenvalue weighted by Crippen LogP contribution is -2.24. The van der Waals surface area contributed by atoms with E-state index in [0.29, 0.717) is 22.0 Å². The molecule has 0 aliphatic rings. The summed E-state index contributed by atoms with van der Waals surface area (Å²) < 4.78 is 25.6. The zero-order valence-corrected chi connectivity index (χ0v) is 19.6. The van der Waals surface area contributed by atoms with E-state index in [2.05, 4.69) is 5.32 Å². The van der Waals surface area contributed by atoms with Crippen LogP contribution >= 0.6 is 11.6 Å². The fraction of sp³-hybridized carbons (Fsp3) is 0.115. The lowest BCUT2D eigenvalue weighted by Gasteiger charge is -2.16. The molecule has 35 heavy (non-hydrogen) atoms. The Morgan fingerprint density at radius 1 is 1.00 bits per heavy atom. The average molecular weight is 495 g/mol. The predicted molar refractivity (Wildman–Crippen MR) is 131 cm³/mol. The molecule has 0 bridgehead atoms. The van der Waals surface area contributed by atoms with E-state index < -0.39 is 22.9 Å². The molecule has 0 saturated carbocycles. The minimum Gasteiger partial charge on any atom is -0.497 e. The molecule has 0 saturated heterocycles. The van der Waals surface area contributed by atoms with Crippen molar-refractivity contribution >= 4 is 39.9 Å². The number of hydrogen-bond donors (Lipinski definition) is 1. The molecule has 1 amide bonds. The molecular formula is C26H20ClFN2O5. The predicted octanol–water partition coefficient (Wildman–Crippen LogP) is 4.68. The third-order valence-corrected chi connectivity index (χ3v) is 5.62. The fourth-order valence-corrected chi connectivity index (χ4v) is 3.79. The van der Waals surface area contributed by atoms with Crippen molar-refractivity contribution in [3.05, 3.63) is 99.1 Å². The van der Waals surface area contributed by atoms with Crippen LogP contribution in [0.3, 0.4) is 0 Å². The van der Waals surface area contributed by atoms with Crippen LogP contribution in [0.25, 0.3) is 10.9 Å². The molecule has 7 nitrogen and oxygen atoms in total. The molecule has 178 valence electrons. The SMILES string of the molecule is COc1cc(OC)c2c(=O)c(C(=O)c3ccc(F)cc3)cn(CC(=O)Nc3ccc(Cl)cc3)c2c1. The fourth-order valence-electron chi connectivity index (χ4n) is 3.67. The Bertz CT molecular complexity index is 1480. The maximum atomic E-state index is 13.4. The molecule has 4 aromatic rings. The Kier molecular flexibility index (Phi) is 6.84. The van der Waals surface area contributed by atoms with Crippen molar-refractivity contribution in [3.8, 4) is 11.5 Å². The molecule has 1 heterocycles. The maximum absolute atomic E-state index is 13.4. The number of methoxy groups -OCH3 is 2. The van der Waals surface area contributed by atoms with Gasteiger partial charge in [-0.1, -0.05) is 11.6 Å². The van der Waals surface area contributed by atoms with Crippen LogP contribution in [0.15, 0.2) is 71.7 Å². The van der Waals surface area contributed by atoms with Crippen LogP contribution in [-0.4, -0.2) is 30.5 Å². The largest absolute Gasteiger partial charge is 0.497 e. The number of hydrogen-bond acceptors (Lipinski definition) is 5. The van der Waals surface area contributed by atoms with Crippen LogP contribution in [0.4, 0.5) is 10.1 Å². The van der Waals surface area contributed by atoms with Gasteiger partial charge in [0.15, 0.2) is 5.78 Å². The number of nitrogens with zero attached hydrogens (tertiary/aromatic N) is 1. The van der Waals surface area contributed by atoms with Crippen LogP contribution in [0.2, 0.25) is 5.02 Å². The molecule has 4 rings (SSSR count). The minimum absolute atomic E-state index is 0.112. The standard InChI is InChI=1S/C26H20ClFN2O5/c1-34-19-11-21-24(22(12-19)35-2)26(33)20(25(32)15-3-7-17(28)8-4-15)13-30(21)14-23(31)29-18-9-5-16(27)6-10-18/h3-13H,14H2,1-2H3,(H,29,31). The van der Waals surface area contributed by atoms with Gasteiger partial charge in [-0.05, 0) is 48.5 Å². The second-order valence-corrected chi connectivity index (χ2v) is 8.05. The van der Waals surface area contributed by atoms with Crippen molar-refractivity contribution in [3.63, 3.8) is 0 Å². The molecule has 0 unspecified atom stereocenters. The normalized spacial score (nSPS) is 10.7. The van der Waals surface area contributed by atoms with E-state index in [9.17, 15) is 18.8 Å². The summed E-state index contributed by atoms with van der Waals surface area (Å²) in [5, 5.41) is 3.39. The van der Waals surface area contributed by atoms with E-state index in [0.717, 1.165) is 12.1 Å². The van der Waals surface area contributed by atoms with Gasteiger partial charge < -0.3 is 19.4 Å². The third-order valence-electron chi connectivity index (χ3n) is 5.37. The topological polar surface area (TPSA) is 86.6 Å². The second-order valence-electron chi connectivity index (χ2n) is 7.61. The van der Waals surface area contributed by atoms with Gasteiger partial charge in [-0.3, -0.25) is 14.4 Å². The zero-order valence-electron chi connectivity index (χ0n) is 18.8. The summed E-state index contributed by atoms with van der Waals surface area (Å²) in [5.74, 6) is -0.936. The molecule has 0 aliphatic carbocycles. The highest BCUT2D eigenvalue weighted by Gasteiger charge is 2.21. The molecule has 0 radical (unpaired) electrons. The van der Waals surface area contributed by atoms with Crippen LogP contribution in [0.5, 0.6) is 11.5 Å². The number of amides is 1. The monoisotopic (exact) mass is 494 g/mol. The van der Waals surface area contributed by atoms with Crippen molar-refractivity contribution in [2.75, 3.05) is 19.5 Å². The van der Waals surface area contributed by atoms with Gasteiger partial charge in [0.25, 0.3) is 0 Å². The Hall–Kier alpha value is -4.17. The van der Waals surface area contributed by atoms with Crippen LogP contribution in [0, 0.1) is 5.82 Å². The lowest BCUT2D eigenvalue weighted by molar-refractivity contribution is -0.116. The van der Waals surface area contributed by atoms with E-state index in [4.69, 9.17) is 21.1 Å². The van der Waals surface area contributed by atoms with E-state index >= 15 is 0 Å². The summed E-state index contributed by atoms with van der Waals surface area (Å²) in [6, 6.07) is 14.6. The molecule has 0 atom stereocenters. The highest BCUT2D eigenvalue weighted by molar-refractivity contribution is 6.30.